The monoisotopic (exact) mass is 410 g/mol. The van der Waals surface area contributed by atoms with Gasteiger partial charge in [-0.1, -0.05) is 29.8 Å². The number of aryl methyl sites for hydroxylation is 3. The number of benzene rings is 2. The first-order chi connectivity index (χ1) is 14.3. The van der Waals surface area contributed by atoms with Crippen molar-refractivity contribution < 1.29 is 19.1 Å². The van der Waals surface area contributed by atoms with Gasteiger partial charge in [-0.3, -0.25) is 9.59 Å². The molecule has 1 aliphatic rings. The number of hydrogen-bond donors (Lipinski definition) is 0. The molecule has 1 fully saturated rings. The Bertz CT molecular complexity index is 900. The fourth-order valence-electron chi connectivity index (χ4n) is 3.45. The van der Waals surface area contributed by atoms with Gasteiger partial charge in [-0.25, -0.2) is 0 Å². The predicted molar refractivity (Wildman–Crippen MR) is 116 cm³/mol. The highest BCUT2D eigenvalue weighted by Crippen LogP contribution is 2.25. The Labute approximate surface area is 178 Å². The minimum Gasteiger partial charge on any atom is -0.484 e. The van der Waals surface area contributed by atoms with Crippen molar-refractivity contribution in [1.82, 2.24) is 9.80 Å². The van der Waals surface area contributed by atoms with E-state index in [1.54, 1.807) is 9.80 Å². The summed E-state index contributed by atoms with van der Waals surface area (Å²) in [7, 11) is 0. The molecule has 6 nitrogen and oxygen atoms in total. The van der Waals surface area contributed by atoms with E-state index in [4.69, 9.17) is 9.47 Å². The summed E-state index contributed by atoms with van der Waals surface area (Å²) in [5.41, 5.74) is 4.37. The van der Waals surface area contributed by atoms with Crippen LogP contribution in [0.3, 0.4) is 0 Å². The van der Waals surface area contributed by atoms with Gasteiger partial charge in [0, 0.05) is 26.2 Å². The molecule has 2 aromatic carbocycles. The van der Waals surface area contributed by atoms with Crippen LogP contribution >= 0.6 is 0 Å². The van der Waals surface area contributed by atoms with Gasteiger partial charge in [-0.05, 0) is 56.5 Å². The van der Waals surface area contributed by atoms with Crippen LogP contribution in [0.5, 0.6) is 11.5 Å². The van der Waals surface area contributed by atoms with Crippen molar-refractivity contribution in [2.24, 2.45) is 0 Å². The van der Waals surface area contributed by atoms with Crippen molar-refractivity contribution in [3.05, 3.63) is 58.7 Å². The zero-order valence-corrected chi connectivity index (χ0v) is 18.2. The number of carbonyl (C=O) groups is 2. The van der Waals surface area contributed by atoms with E-state index >= 15 is 0 Å². The highest BCUT2D eigenvalue weighted by atomic mass is 16.5. The quantitative estimate of drug-likeness (QED) is 0.735. The van der Waals surface area contributed by atoms with Crippen LogP contribution in [0.25, 0.3) is 0 Å². The zero-order valence-electron chi connectivity index (χ0n) is 18.2. The fraction of sp³-hybridized carbons (Fsp3) is 0.417. The highest BCUT2D eigenvalue weighted by Gasteiger charge is 2.25. The van der Waals surface area contributed by atoms with Crippen LogP contribution in [0.15, 0.2) is 36.4 Å². The lowest BCUT2D eigenvalue weighted by Gasteiger charge is -2.34. The molecule has 1 saturated heterocycles. The zero-order chi connectivity index (χ0) is 21.7. The number of nitrogens with zero attached hydrogens (tertiary/aromatic N) is 2. The van der Waals surface area contributed by atoms with Gasteiger partial charge in [-0.2, -0.15) is 0 Å². The van der Waals surface area contributed by atoms with Gasteiger partial charge in [0.1, 0.15) is 11.5 Å². The van der Waals surface area contributed by atoms with E-state index in [9.17, 15) is 9.59 Å². The molecule has 0 radical (unpaired) electrons. The molecular formula is C24H30N2O4. The Morgan fingerprint density at radius 2 is 1.23 bits per heavy atom. The van der Waals surface area contributed by atoms with Crippen LogP contribution in [-0.2, 0) is 9.59 Å². The molecule has 0 aliphatic carbocycles. The number of carbonyl (C=O) groups excluding carboxylic acids is 2. The molecule has 1 heterocycles. The second-order valence-electron chi connectivity index (χ2n) is 7.81. The van der Waals surface area contributed by atoms with Gasteiger partial charge in [0.15, 0.2) is 13.2 Å². The standard InChI is InChI=1S/C24H30N2O4/c1-17-5-9-21(10-6-17)29-15-22(27)25-11-13-26(14-12-25)23(28)16-30-24-19(3)8-7-18(2)20(24)4/h5-10H,11-16H2,1-4H3. The Hall–Kier alpha value is -3.02. The molecule has 0 spiro atoms. The molecule has 0 atom stereocenters. The number of amides is 2. The minimum absolute atomic E-state index is 0.00598. The Kier molecular flexibility index (Phi) is 6.98. The Morgan fingerprint density at radius 1 is 0.733 bits per heavy atom. The molecule has 0 unspecified atom stereocenters. The maximum atomic E-state index is 12.6. The van der Waals surface area contributed by atoms with Gasteiger partial charge in [0.05, 0.1) is 0 Å². The molecule has 6 heteroatoms. The summed E-state index contributed by atoms with van der Waals surface area (Å²) in [5, 5.41) is 0. The molecule has 30 heavy (non-hydrogen) atoms. The second kappa shape index (κ2) is 9.65. The summed E-state index contributed by atoms with van der Waals surface area (Å²) in [6.45, 7) is 10.1. The summed E-state index contributed by atoms with van der Waals surface area (Å²) in [4.78, 5) is 28.5. The van der Waals surface area contributed by atoms with Crippen molar-refractivity contribution in [3.8, 4) is 11.5 Å². The molecule has 160 valence electrons. The summed E-state index contributed by atoms with van der Waals surface area (Å²) in [5.74, 6) is 1.34. The van der Waals surface area contributed by atoms with Crippen LogP contribution in [0, 0.1) is 27.7 Å². The first-order valence-electron chi connectivity index (χ1n) is 10.3. The lowest BCUT2D eigenvalue weighted by molar-refractivity contribution is -0.141. The van der Waals surface area contributed by atoms with Crippen LogP contribution in [-0.4, -0.2) is 61.0 Å². The maximum Gasteiger partial charge on any atom is 0.260 e. The molecule has 1 aliphatic heterocycles. The van der Waals surface area contributed by atoms with E-state index in [0.717, 1.165) is 28.0 Å². The summed E-state index contributed by atoms with van der Waals surface area (Å²) < 4.78 is 11.4. The van der Waals surface area contributed by atoms with E-state index in [-0.39, 0.29) is 25.0 Å². The van der Waals surface area contributed by atoms with Crippen LogP contribution < -0.4 is 9.47 Å². The minimum atomic E-state index is -0.0649. The van der Waals surface area contributed by atoms with Gasteiger partial charge in [-0.15, -0.1) is 0 Å². The normalized spacial score (nSPS) is 13.9. The molecule has 0 saturated carbocycles. The first kappa shape index (κ1) is 21.7. The van der Waals surface area contributed by atoms with E-state index < -0.39 is 0 Å². The third-order valence-electron chi connectivity index (χ3n) is 5.58. The molecular weight excluding hydrogens is 380 g/mol. The van der Waals surface area contributed by atoms with Crippen molar-refractivity contribution >= 4 is 11.8 Å². The molecule has 0 bridgehead atoms. The molecule has 2 amide bonds. The average molecular weight is 411 g/mol. The Morgan fingerprint density at radius 3 is 1.80 bits per heavy atom. The molecule has 0 N–H and O–H groups in total. The third-order valence-corrected chi connectivity index (χ3v) is 5.58. The third kappa shape index (κ3) is 5.32. The van der Waals surface area contributed by atoms with E-state index in [1.807, 2.05) is 58.0 Å². The number of ether oxygens (including phenoxy) is 2. The molecule has 0 aromatic heterocycles. The lowest BCUT2D eigenvalue weighted by Crippen LogP contribution is -2.52. The lowest BCUT2D eigenvalue weighted by atomic mass is 10.1. The van der Waals surface area contributed by atoms with Crippen molar-refractivity contribution in [2.75, 3.05) is 39.4 Å². The fourth-order valence-corrected chi connectivity index (χ4v) is 3.45. The molecule has 3 rings (SSSR count). The van der Waals surface area contributed by atoms with Gasteiger partial charge < -0.3 is 19.3 Å². The second-order valence-corrected chi connectivity index (χ2v) is 7.81. The first-order valence-corrected chi connectivity index (χ1v) is 10.3. The van der Waals surface area contributed by atoms with Crippen molar-refractivity contribution in [3.63, 3.8) is 0 Å². The smallest absolute Gasteiger partial charge is 0.260 e. The Balaban J connectivity index is 1.44. The predicted octanol–water partition coefficient (Wildman–Crippen LogP) is 3.05. The van der Waals surface area contributed by atoms with Crippen molar-refractivity contribution in [1.29, 1.82) is 0 Å². The van der Waals surface area contributed by atoms with Gasteiger partial charge in [0.2, 0.25) is 0 Å². The number of rotatable bonds is 6. The summed E-state index contributed by atoms with van der Waals surface area (Å²) in [6.07, 6.45) is 0. The number of hydrogen-bond acceptors (Lipinski definition) is 4. The van der Waals surface area contributed by atoms with Crippen LogP contribution in [0.1, 0.15) is 22.3 Å². The SMILES string of the molecule is Cc1ccc(OCC(=O)N2CCN(C(=O)COc3c(C)ccc(C)c3C)CC2)cc1. The number of piperazine rings is 1. The largest absolute Gasteiger partial charge is 0.484 e. The molecule has 2 aromatic rings. The van der Waals surface area contributed by atoms with Crippen LogP contribution in [0.2, 0.25) is 0 Å². The van der Waals surface area contributed by atoms with Gasteiger partial charge in [0.25, 0.3) is 11.8 Å². The summed E-state index contributed by atoms with van der Waals surface area (Å²) in [6, 6.07) is 11.7. The topological polar surface area (TPSA) is 59.1 Å². The average Bonchev–Trinajstić information content (AvgIpc) is 2.75. The highest BCUT2D eigenvalue weighted by molar-refractivity contribution is 5.80. The summed E-state index contributed by atoms with van der Waals surface area (Å²) >= 11 is 0. The van der Waals surface area contributed by atoms with E-state index in [1.165, 1.54) is 0 Å². The van der Waals surface area contributed by atoms with Gasteiger partial charge >= 0.3 is 0 Å². The van der Waals surface area contributed by atoms with Crippen molar-refractivity contribution in [2.45, 2.75) is 27.7 Å². The van der Waals surface area contributed by atoms with E-state index in [2.05, 4.69) is 6.07 Å². The van der Waals surface area contributed by atoms with E-state index in [0.29, 0.717) is 31.9 Å². The maximum absolute atomic E-state index is 12.6. The van der Waals surface area contributed by atoms with Crippen LogP contribution in [0.4, 0.5) is 0 Å².